The number of carbonyl (C=O) groups excluding carboxylic acids is 1. The quantitative estimate of drug-likeness (QED) is 0.115. The van der Waals surface area contributed by atoms with E-state index in [2.05, 4.69) is 85.7 Å². The van der Waals surface area contributed by atoms with Crippen molar-refractivity contribution >= 4 is 14.3 Å². The number of aliphatic hydroxyl groups is 1. The second kappa shape index (κ2) is 13.3. The first-order valence-electron chi connectivity index (χ1n) is 15.9. The van der Waals surface area contributed by atoms with Gasteiger partial charge in [-0.2, -0.15) is 5.06 Å². The summed E-state index contributed by atoms with van der Waals surface area (Å²) in [6.45, 7) is 28.1. The molecule has 1 heterocycles. The molecule has 1 saturated carbocycles. The monoisotopic (exact) mass is 581 g/mol. The van der Waals surface area contributed by atoms with Gasteiger partial charge in [0.1, 0.15) is 5.60 Å². The largest absolute Gasteiger partial charge is 0.460 e. The van der Waals surface area contributed by atoms with E-state index in [1.807, 2.05) is 20.8 Å². The molecule has 234 valence electrons. The number of hydrogen-bond donors (Lipinski definition) is 1. The third-order valence-electron chi connectivity index (χ3n) is 9.22. The van der Waals surface area contributed by atoms with E-state index in [9.17, 15) is 9.90 Å². The summed E-state index contributed by atoms with van der Waals surface area (Å²) in [6.07, 6.45) is 11.2. The van der Waals surface area contributed by atoms with Crippen molar-refractivity contribution in [3.63, 3.8) is 0 Å². The number of carbonyl (C=O) groups is 1. The number of ether oxygens (including phenoxy) is 1. The molecule has 0 radical (unpaired) electrons. The van der Waals surface area contributed by atoms with Gasteiger partial charge in [0, 0.05) is 17.0 Å². The standard InChI is InChI=1S/C33H63NO5Si/c1-14-15-16-18-24(38-34-32(8,9)21-17-22-33(34,10)11)19-20-25-27(39-40(12,13)31(5,6)7)23-26(35)28(25)29(36)37-30(2,3)4/h19-20,24-28,35H,14-18,21-23H2,1-13H3/b20-19+/t24?,25-,26-,27+,28+/m0/s1. The number of nitrogens with zero attached hydrogens (tertiary/aromatic N) is 1. The van der Waals surface area contributed by atoms with Crippen molar-refractivity contribution in [1.29, 1.82) is 0 Å². The van der Waals surface area contributed by atoms with Gasteiger partial charge in [0.2, 0.25) is 0 Å². The van der Waals surface area contributed by atoms with E-state index < -0.39 is 25.9 Å². The lowest BCUT2D eigenvalue weighted by molar-refractivity contribution is -0.297. The van der Waals surface area contributed by atoms with Gasteiger partial charge in [-0.25, -0.2) is 0 Å². The molecule has 1 aliphatic heterocycles. The maximum Gasteiger partial charge on any atom is 0.312 e. The summed E-state index contributed by atoms with van der Waals surface area (Å²) in [6, 6.07) is 0. The Morgan fingerprint density at radius 2 is 1.62 bits per heavy atom. The van der Waals surface area contributed by atoms with Crippen LogP contribution in [0.25, 0.3) is 0 Å². The van der Waals surface area contributed by atoms with E-state index in [-0.39, 0.29) is 40.2 Å². The van der Waals surface area contributed by atoms with Crippen LogP contribution in [0.15, 0.2) is 12.2 Å². The molecule has 0 aromatic heterocycles. The van der Waals surface area contributed by atoms with E-state index in [0.29, 0.717) is 6.42 Å². The van der Waals surface area contributed by atoms with E-state index in [1.165, 1.54) is 6.42 Å². The summed E-state index contributed by atoms with van der Waals surface area (Å²) in [5.74, 6) is -1.29. The van der Waals surface area contributed by atoms with Crippen molar-refractivity contribution in [2.75, 3.05) is 0 Å². The molecule has 1 aliphatic carbocycles. The molecular formula is C33H63NO5Si. The number of unbranched alkanes of at least 4 members (excludes halogenated alkanes) is 2. The number of hydrogen-bond acceptors (Lipinski definition) is 6. The van der Waals surface area contributed by atoms with Crippen LogP contribution in [0.5, 0.6) is 0 Å². The fourth-order valence-electron chi connectivity index (χ4n) is 6.07. The SMILES string of the molecule is CCCCCC(/C=C/[C@@H]1[C@@H](C(=O)OC(C)(C)C)[C@@H](O)C[C@H]1O[Si](C)(C)C(C)(C)C)ON1C(C)(C)CCCC1(C)C. The van der Waals surface area contributed by atoms with E-state index in [4.69, 9.17) is 14.0 Å². The van der Waals surface area contributed by atoms with Crippen LogP contribution in [-0.4, -0.2) is 59.4 Å². The Kier molecular flexibility index (Phi) is 11.8. The molecular weight excluding hydrogens is 518 g/mol. The molecule has 7 heteroatoms. The maximum atomic E-state index is 13.4. The van der Waals surface area contributed by atoms with Gasteiger partial charge in [0.05, 0.1) is 24.2 Å². The Bertz CT molecular complexity index is 838. The highest BCUT2D eigenvalue weighted by Crippen LogP contribution is 2.44. The molecule has 0 amide bonds. The molecule has 2 fully saturated rings. The number of hydroxylamine groups is 2. The molecule has 6 nitrogen and oxygen atoms in total. The minimum Gasteiger partial charge on any atom is -0.460 e. The van der Waals surface area contributed by atoms with Crippen LogP contribution < -0.4 is 0 Å². The topological polar surface area (TPSA) is 68.2 Å². The fraction of sp³-hybridized carbons (Fsp3) is 0.909. The Hall–Kier alpha value is -0.733. The van der Waals surface area contributed by atoms with Gasteiger partial charge in [-0.3, -0.25) is 9.63 Å². The third kappa shape index (κ3) is 9.39. The Balaban J connectivity index is 2.44. The van der Waals surface area contributed by atoms with Gasteiger partial charge in [-0.15, -0.1) is 0 Å². The third-order valence-corrected chi connectivity index (χ3v) is 13.7. The van der Waals surface area contributed by atoms with Crippen LogP contribution in [-0.2, 0) is 18.8 Å². The Labute approximate surface area is 247 Å². The normalized spacial score (nSPS) is 28.6. The first-order chi connectivity index (χ1) is 18.1. The summed E-state index contributed by atoms with van der Waals surface area (Å²) >= 11 is 0. The van der Waals surface area contributed by atoms with E-state index in [1.54, 1.807) is 0 Å². The molecule has 1 saturated heterocycles. The van der Waals surface area contributed by atoms with Gasteiger partial charge in [0.25, 0.3) is 0 Å². The number of piperidine rings is 1. The average Bonchev–Trinajstić information content (AvgIpc) is 3.05. The summed E-state index contributed by atoms with van der Waals surface area (Å²) in [7, 11) is -2.14. The number of aliphatic hydroxyl groups excluding tert-OH is 1. The van der Waals surface area contributed by atoms with Crippen molar-refractivity contribution in [2.24, 2.45) is 11.8 Å². The number of esters is 1. The molecule has 5 atom stereocenters. The highest BCUT2D eigenvalue weighted by Gasteiger charge is 2.51. The highest BCUT2D eigenvalue weighted by atomic mass is 28.4. The Morgan fingerprint density at radius 3 is 2.12 bits per heavy atom. The van der Waals surface area contributed by atoms with Crippen molar-refractivity contribution in [3.8, 4) is 0 Å². The van der Waals surface area contributed by atoms with Gasteiger partial charge < -0.3 is 14.3 Å². The minimum atomic E-state index is -2.14. The molecule has 1 unspecified atom stereocenters. The molecule has 40 heavy (non-hydrogen) atoms. The fourth-order valence-corrected chi connectivity index (χ4v) is 7.43. The molecule has 0 aromatic carbocycles. The summed E-state index contributed by atoms with van der Waals surface area (Å²) < 4.78 is 12.7. The lowest BCUT2D eigenvalue weighted by Gasteiger charge is -2.52. The summed E-state index contributed by atoms with van der Waals surface area (Å²) in [5, 5.41) is 13.5. The first kappa shape index (κ1) is 35.5. The van der Waals surface area contributed by atoms with E-state index in [0.717, 1.165) is 38.5 Å². The van der Waals surface area contributed by atoms with Crippen LogP contribution in [0.4, 0.5) is 0 Å². The van der Waals surface area contributed by atoms with Crippen LogP contribution >= 0.6 is 0 Å². The van der Waals surface area contributed by atoms with Gasteiger partial charge >= 0.3 is 5.97 Å². The molecule has 1 N–H and O–H groups in total. The van der Waals surface area contributed by atoms with Gasteiger partial charge in [-0.1, -0.05) is 59.1 Å². The first-order valence-corrected chi connectivity index (χ1v) is 18.8. The maximum absolute atomic E-state index is 13.4. The zero-order valence-corrected chi connectivity index (χ0v) is 29.2. The predicted molar refractivity (Wildman–Crippen MR) is 168 cm³/mol. The van der Waals surface area contributed by atoms with Crippen molar-refractivity contribution in [1.82, 2.24) is 5.06 Å². The van der Waals surface area contributed by atoms with Crippen molar-refractivity contribution in [2.45, 2.75) is 181 Å². The van der Waals surface area contributed by atoms with Crippen LogP contribution in [0.1, 0.15) is 128 Å². The number of rotatable bonds is 11. The molecule has 0 spiro atoms. The summed E-state index contributed by atoms with van der Waals surface area (Å²) in [5.41, 5.74) is -0.745. The molecule has 2 rings (SSSR count). The molecule has 2 aliphatic rings. The Morgan fingerprint density at radius 1 is 1.05 bits per heavy atom. The highest BCUT2D eigenvalue weighted by molar-refractivity contribution is 6.74. The zero-order valence-electron chi connectivity index (χ0n) is 28.2. The van der Waals surface area contributed by atoms with Gasteiger partial charge in [0.15, 0.2) is 8.32 Å². The molecule has 0 bridgehead atoms. The second-order valence-corrected chi connectivity index (χ2v) is 20.9. The van der Waals surface area contributed by atoms with Gasteiger partial charge in [-0.05, 0) is 98.7 Å². The average molecular weight is 582 g/mol. The minimum absolute atomic E-state index is 0.0213. The predicted octanol–water partition coefficient (Wildman–Crippen LogP) is 8.20. The van der Waals surface area contributed by atoms with Crippen LogP contribution in [0.3, 0.4) is 0 Å². The van der Waals surface area contributed by atoms with Crippen LogP contribution in [0, 0.1) is 11.8 Å². The molecule has 0 aromatic rings. The van der Waals surface area contributed by atoms with Crippen molar-refractivity contribution in [3.05, 3.63) is 12.2 Å². The smallest absolute Gasteiger partial charge is 0.312 e. The van der Waals surface area contributed by atoms with Crippen molar-refractivity contribution < 1.29 is 23.9 Å². The second-order valence-electron chi connectivity index (χ2n) is 16.2. The lowest BCUT2D eigenvalue weighted by Crippen LogP contribution is -2.59. The summed E-state index contributed by atoms with van der Waals surface area (Å²) in [4.78, 5) is 20.3. The lowest BCUT2D eigenvalue weighted by atomic mass is 9.82. The van der Waals surface area contributed by atoms with Crippen LogP contribution in [0.2, 0.25) is 18.1 Å². The van der Waals surface area contributed by atoms with E-state index >= 15 is 0 Å². The zero-order chi connectivity index (χ0) is 30.7.